The average Bonchev–Trinajstić information content (AvgIpc) is 2.66. The number of benzene rings is 3. The van der Waals surface area contributed by atoms with Gasteiger partial charge < -0.3 is 0 Å². The van der Waals surface area contributed by atoms with Crippen molar-refractivity contribution in [3.05, 3.63) is 106 Å². The molecule has 0 atom stereocenters. The van der Waals surface area contributed by atoms with Gasteiger partial charge in [-0.05, 0) is 67.3 Å². The summed E-state index contributed by atoms with van der Waals surface area (Å²) in [6, 6.07) is 25.6. The Balaban J connectivity index is 0.000000212. The molecule has 0 spiro atoms. The lowest BCUT2D eigenvalue weighted by molar-refractivity contribution is 0.856. The molecule has 0 heteroatoms. The molecule has 0 aliphatic rings. The van der Waals surface area contributed by atoms with Crippen LogP contribution in [0.4, 0.5) is 0 Å². The fraction of sp³-hybridized carbons (Fsp3) is 0.357. The summed E-state index contributed by atoms with van der Waals surface area (Å²) in [6.07, 6.45) is 0. The quantitative estimate of drug-likeness (QED) is 0.421. The molecular formula is C28H38. The van der Waals surface area contributed by atoms with Crippen LogP contribution in [0.15, 0.2) is 72.8 Å². The highest BCUT2D eigenvalue weighted by Crippen LogP contribution is 2.17. The van der Waals surface area contributed by atoms with E-state index < -0.39 is 0 Å². The Morgan fingerprint density at radius 1 is 0.464 bits per heavy atom. The van der Waals surface area contributed by atoms with E-state index in [4.69, 9.17) is 0 Å². The summed E-state index contributed by atoms with van der Waals surface area (Å²) < 4.78 is 0. The fourth-order valence-electron chi connectivity index (χ4n) is 2.85. The number of hydrogen-bond acceptors (Lipinski definition) is 0. The highest BCUT2D eigenvalue weighted by molar-refractivity contribution is 5.28. The van der Waals surface area contributed by atoms with E-state index in [1.54, 1.807) is 0 Å². The molecule has 3 rings (SSSR count). The first-order valence-electron chi connectivity index (χ1n) is 10.4. The van der Waals surface area contributed by atoms with Crippen LogP contribution < -0.4 is 0 Å². The lowest BCUT2D eigenvalue weighted by Gasteiger charge is -2.07. The molecule has 0 aliphatic carbocycles. The highest BCUT2D eigenvalue weighted by atomic mass is 14.0. The molecule has 3 aromatic carbocycles. The van der Waals surface area contributed by atoms with E-state index in [1.165, 1.54) is 33.4 Å². The fourth-order valence-corrected chi connectivity index (χ4v) is 2.85. The van der Waals surface area contributed by atoms with Crippen molar-refractivity contribution >= 4 is 0 Å². The van der Waals surface area contributed by atoms with Gasteiger partial charge in [-0.2, -0.15) is 0 Å². The molecule has 0 amide bonds. The van der Waals surface area contributed by atoms with Gasteiger partial charge in [0.15, 0.2) is 0 Å². The minimum Gasteiger partial charge on any atom is -0.0620 e. The molecule has 0 saturated heterocycles. The van der Waals surface area contributed by atoms with Gasteiger partial charge >= 0.3 is 0 Å². The summed E-state index contributed by atoms with van der Waals surface area (Å²) in [5, 5.41) is 0. The van der Waals surface area contributed by atoms with Crippen LogP contribution in [-0.4, -0.2) is 0 Å². The molecule has 0 nitrogen and oxygen atoms in total. The molecule has 150 valence electrons. The Labute approximate surface area is 173 Å². The molecule has 0 aliphatic heterocycles. The zero-order valence-corrected chi connectivity index (χ0v) is 19.1. The van der Waals surface area contributed by atoms with Crippen LogP contribution in [0.3, 0.4) is 0 Å². The molecule has 0 heterocycles. The zero-order chi connectivity index (χ0) is 21.1. The highest BCUT2D eigenvalue weighted by Gasteiger charge is 1.99. The lowest BCUT2D eigenvalue weighted by Crippen LogP contribution is -1.89. The molecule has 0 saturated carbocycles. The van der Waals surface area contributed by atoms with Gasteiger partial charge in [-0.1, -0.05) is 106 Å². The average molecular weight is 375 g/mol. The van der Waals surface area contributed by atoms with Gasteiger partial charge in [-0.3, -0.25) is 0 Å². The zero-order valence-electron chi connectivity index (χ0n) is 19.1. The van der Waals surface area contributed by atoms with Crippen molar-refractivity contribution in [2.45, 2.75) is 67.2 Å². The number of hydrogen-bond donors (Lipinski definition) is 0. The minimum atomic E-state index is 0.653. The van der Waals surface area contributed by atoms with E-state index >= 15 is 0 Å². The first-order chi connectivity index (χ1) is 13.2. The Morgan fingerprint density at radius 2 is 0.893 bits per heavy atom. The van der Waals surface area contributed by atoms with Gasteiger partial charge in [-0.25, -0.2) is 0 Å². The monoisotopic (exact) mass is 374 g/mol. The van der Waals surface area contributed by atoms with Crippen molar-refractivity contribution in [2.75, 3.05) is 0 Å². The van der Waals surface area contributed by atoms with Crippen molar-refractivity contribution in [3.8, 4) is 0 Å². The van der Waals surface area contributed by atoms with E-state index in [9.17, 15) is 0 Å². The SMILES string of the molecule is Cc1ccc(C(C)C)cc1.Cc1ccccc1C.Cc1ccccc1C(C)C. The molecule has 0 radical (unpaired) electrons. The Kier molecular flexibility index (Phi) is 10.3. The number of rotatable bonds is 2. The van der Waals surface area contributed by atoms with Gasteiger partial charge in [0.05, 0.1) is 0 Å². The van der Waals surface area contributed by atoms with Crippen molar-refractivity contribution in [1.29, 1.82) is 0 Å². The van der Waals surface area contributed by atoms with Crippen LogP contribution >= 0.6 is 0 Å². The third-order valence-electron chi connectivity index (χ3n) is 4.98. The summed E-state index contributed by atoms with van der Waals surface area (Å²) in [6.45, 7) is 17.4. The molecule has 0 unspecified atom stereocenters. The second-order valence-corrected chi connectivity index (χ2v) is 8.16. The van der Waals surface area contributed by atoms with E-state index in [1.807, 2.05) is 0 Å². The van der Waals surface area contributed by atoms with Crippen molar-refractivity contribution < 1.29 is 0 Å². The van der Waals surface area contributed by atoms with Gasteiger partial charge in [0.1, 0.15) is 0 Å². The summed E-state index contributed by atoms with van der Waals surface area (Å²) in [5.41, 5.74) is 8.36. The van der Waals surface area contributed by atoms with E-state index in [0.717, 1.165) is 0 Å². The van der Waals surface area contributed by atoms with Crippen LogP contribution in [0.2, 0.25) is 0 Å². The second-order valence-electron chi connectivity index (χ2n) is 8.16. The lowest BCUT2D eigenvalue weighted by atomic mass is 9.99. The van der Waals surface area contributed by atoms with Crippen molar-refractivity contribution in [3.63, 3.8) is 0 Å². The molecule has 0 bridgehead atoms. The van der Waals surface area contributed by atoms with E-state index in [2.05, 4.69) is 128 Å². The maximum absolute atomic E-state index is 2.22. The van der Waals surface area contributed by atoms with Crippen LogP contribution in [0.1, 0.15) is 72.9 Å². The van der Waals surface area contributed by atoms with Crippen LogP contribution in [-0.2, 0) is 0 Å². The first kappa shape index (κ1) is 23.7. The maximum atomic E-state index is 2.22. The van der Waals surface area contributed by atoms with Gasteiger partial charge in [-0.15, -0.1) is 0 Å². The molecule has 0 aromatic heterocycles. The summed E-state index contributed by atoms with van der Waals surface area (Å²) in [7, 11) is 0. The first-order valence-corrected chi connectivity index (χ1v) is 10.4. The van der Waals surface area contributed by atoms with E-state index in [0.29, 0.717) is 11.8 Å². The summed E-state index contributed by atoms with van der Waals surface area (Å²) in [5.74, 6) is 1.31. The Bertz CT molecular complexity index is 786. The second kappa shape index (κ2) is 12.2. The third-order valence-corrected chi connectivity index (χ3v) is 4.98. The molecular weight excluding hydrogens is 336 g/mol. The normalized spacial score (nSPS) is 10.1. The van der Waals surface area contributed by atoms with Crippen LogP contribution in [0.5, 0.6) is 0 Å². The van der Waals surface area contributed by atoms with Crippen molar-refractivity contribution in [1.82, 2.24) is 0 Å². The Hall–Kier alpha value is -2.34. The Morgan fingerprint density at radius 3 is 1.21 bits per heavy atom. The standard InChI is InChI=1S/2C10H14.C8H10/c1-8(2)10-6-4-9(3)5-7-10;1-8(2)10-7-5-4-6-9(10)3;1-7-5-3-4-6-8(7)2/h2*4-8H,1-3H3;3-6H,1-2H3. The predicted octanol–water partition coefficient (Wildman–Crippen LogP) is 8.54. The van der Waals surface area contributed by atoms with Gasteiger partial charge in [0, 0.05) is 0 Å². The number of aryl methyl sites for hydroxylation is 4. The van der Waals surface area contributed by atoms with Gasteiger partial charge in [0.25, 0.3) is 0 Å². The van der Waals surface area contributed by atoms with Crippen LogP contribution in [0, 0.1) is 27.7 Å². The molecule has 3 aromatic rings. The van der Waals surface area contributed by atoms with Crippen LogP contribution in [0.25, 0.3) is 0 Å². The van der Waals surface area contributed by atoms with Crippen molar-refractivity contribution in [2.24, 2.45) is 0 Å². The molecule has 0 fully saturated rings. The van der Waals surface area contributed by atoms with E-state index in [-0.39, 0.29) is 0 Å². The maximum Gasteiger partial charge on any atom is -0.0216 e. The topological polar surface area (TPSA) is 0 Å². The summed E-state index contributed by atoms with van der Waals surface area (Å²) in [4.78, 5) is 0. The molecule has 0 N–H and O–H groups in total. The molecule has 28 heavy (non-hydrogen) atoms. The largest absolute Gasteiger partial charge is 0.0620 e. The third kappa shape index (κ3) is 8.57. The minimum absolute atomic E-state index is 0.653. The predicted molar refractivity (Wildman–Crippen MR) is 126 cm³/mol. The smallest absolute Gasteiger partial charge is 0.0216 e. The summed E-state index contributed by atoms with van der Waals surface area (Å²) >= 11 is 0. The van der Waals surface area contributed by atoms with Gasteiger partial charge in [0.2, 0.25) is 0 Å².